The summed E-state index contributed by atoms with van der Waals surface area (Å²) >= 11 is 0. The number of fused-ring (bicyclic) bond motifs is 1. The molecular formula is C28H35N3O4. The van der Waals surface area contributed by atoms with Gasteiger partial charge in [0.15, 0.2) is 11.5 Å². The first-order valence-corrected chi connectivity index (χ1v) is 12.4. The number of hydrogen-bond donors (Lipinski definition) is 2. The average molecular weight is 478 g/mol. The molecule has 2 aromatic carbocycles. The van der Waals surface area contributed by atoms with E-state index in [0.717, 1.165) is 12.1 Å². The molecule has 2 heterocycles. The third kappa shape index (κ3) is 6.42. The van der Waals surface area contributed by atoms with Gasteiger partial charge in [0.1, 0.15) is 0 Å². The fourth-order valence-corrected chi connectivity index (χ4v) is 5.16. The van der Waals surface area contributed by atoms with Gasteiger partial charge in [0, 0.05) is 29.9 Å². The van der Waals surface area contributed by atoms with E-state index < -0.39 is 0 Å². The van der Waals surface area contributed by atoms with Gasteiger partial charge in [0.2, 0.25) is 5.91 Å². The molecule has 2 aliphatic rings. The van der Waals surface area contributed by atoms with Crippen molar-refractivity contribution < 1.29 is 19.1 Å². The van der Waals surface area contributed by atoms with Crippen LogP contribution in [0.3, 0.4) is 0 Å². The van der Waals surface area contributed by atoms with Crippen molar-refractivity contribution in [1.82, 2.24) is 10.2 Å². The van der Waals surface area contributed by atoms with Gasteiger partial charge in [-0.1, -0.05) is 12.5 Å². The number of carbonyl (C=O) groups excluding carboxylic acids is 2. The first-order valence-electron chi connectivity index (χ1n) is 12.4. The van der Waals surface area contributed by atoms with E-state index in [0.29, 0.717) is 34.7 Å². The summed E-state index contributed by atoms with van der Waals surface area (Å²) in [6.45, 7) is 3.12. The number of piperidine rings is 2. The normalized spacial score (nSPS) is 20.2. The Bertz CT molecular complexity index is 1050. The second kappa shape index (κ2) is 11.9. The van der Waals surface area contributed by atoms with E-state index in [1.807, 2.05) is 6.07 Å². The summed E-state index contributed by atoms with van der Waals surface area (Å²) in [4.78, 5) is 27.6. The molecule has 2 amide bonds. The van der Waals surface area contributed by atoms with Crippen LogP contribution < -0.4 is 20.1 Å². The number of amides is 2. The van der Waals surface area contributed by atoms with E-state index in [9.17, 15) is 9.59 Å². The van der Waals surface area contributed by atoms with Crippen molar-refractivity contribution in [3.63, 3.8) is 0 Å². The Morgan fingerprint density at radius 1 is 0.971 bits per heavy atom. The van der Waals surface area contributed by atoms with Crippen LogP contribution in [-0.4, -0.2) is 56.6 Å². The Morgan fingerprint density at radius 2 is 1.74 bits per heavy atom. The number of nitrogens with one attached hydrogen (secondary N) is 2. The molecule has 186 valence electrons. The number of ether oxygens (including phenoxy) is 2. The zero-order valence-electron chi connectivity index (χ0n) is 20.6. The molecule has 2 aliphatic heterocycles. The highest BCUT2D eigenvalue weighted by Crippen LogP contribution is 2.30. The van der Waals surface area contributed by atoms with E-state index >= 15 is 0 Å². The quantitative estimate of drug-likeness (QED) is 0.553. The minimum atomic E-state index is -0.258. The minimum Gasteiger partial charge on any atom is -0.493 e. The monoisotopic (exact) mass is 477 g/mol. The minimum absolute atomic E-state index is 0.0656. The molecule has 0 spiro atoms. The van der Waals surface area contributed by atoms with Crippen molar-refractivity contribution in [2.45, 2.75) is 38.1 Å². The van der Waals surface area contributed by atoms with E-state index in [1.54, 1.807) is 56.7 Å². The third-order valence-corrected chi connectivity index (χ3v) is 7.00. The van der Waals surface area contributed by atoms with E-state index in [4.69, 9.17) is 9.47 Å². The highest BCUT2D eigenvalue weighted by atomic mass is 16.5. The zero-order valence-corrected chi connectivity index (χ0v) is 20.6. The summed E-state index contributed by atoms with van der Waals surface area (Å²) in [6.07, 6.45) is 9.40. The van der Waals surface area contributed by atoms with Gasteiger partial charge in [-0.3, -0.25) is 9.59 Å². The maximum atomic E-state index is 12.7. The number of rotatable bonds is 8. The van der Waals surface area contributed by atoms with Crippen LogP contribution in [0.25, 0.3) is 6.08 Å². The fourth-order valence-electron chi connectivity index (χ4n) is 5.16. The number of nitrogens with zero attached hydrogens (tertiary/aromatic N) is 1. The molecule has 0 aromatic heterocycles. The molecular weight excluding hydrogens is 442 g/mol. The van der Waals surface area contributed by atoms with Crippen molar-refractivity contribution in [2.75, 3.05) is 39.2 Å². The highest BCUT2D eigenvalue weighted by molar-refractivity contribution is 6.02. The molecule has 0 radical (unpaired) electrons. The van der Waals surface area contributed by atoms with Gasteiger partial charge in [-0.15, -0.1) is 0 Å². The standard InChI is InChI=1S/C28H35N3O4/c1-34-25-14-8-20(18-26(25)35-2)9-15-27(32)30-23-12-10-21(11-13-23)28(33)29-19-22-6-5-17-31-16-4-3-7-24(22)31/h8-15,18,22,24H,3-7,16-17,19H2,1-2H3,(H,29,33)(H,30,32). The van der Waals surface area contributed by atoms with Crippen LogP contribution in [0.1, 0.15) is 48.0 Å². The van der Waals surface area contributed by atoms with Gasteiger partial charge < -0.3 is 25.0 Å². The Kier molecular flexibility index (Phi) is 8.42. The number of carbonyl (C=O) groups is 2. The van der Waals surface area contributed by atoms with Crippen LogP contribution in [-0.2, 0) is 4.79 Å². The summed E-state index contributed by atoms with van der Waals surface area (Å²) in [5, 5.41) is 5.96. The summed E-state index contributed by atoms with van der Waals surface area (Å²) in [7, 11) is 3.15. The van der Waals surface area contributed by atoms with Crippen molar-refractivity contribution in [1.29, 1.82) is 0 Å². The number of benzene rings is 2. The largest absolute Gasteiger partial charge is 0.493 e. The van der Waals surface area contributed by atoms with Crippen LogP contribution in [0.2, 0.25) is 0 Å². The van der Waals surface area contributed by atoms with Crippen molar-refractivity contribution in [3.8, 4) is 11.5 Å². The molecule has 7 heteroatoms. The summed E-state index contributed by atoms with van der Waals surface area (Å²) in [6, 6.07) is 13.0. The molecule has 7 nitrogen and oxygen atoms in total. The molecule has 0 bridgehead atoms. The first-order chi connectivity index (χ1) is 17.1. The fraction of sp³-hybridized carbons (Fsp3) is 0.429. The Morgan fingerprint density at radius 3 is 2.51 bits per heavy atom. The lowest BCUT2D eigenvalue weighted by Gasteiger charge is -2.44. The molecule has 35 heavy (non-hydrogen) atoms. The first kappa shape index (κ1) is 24.8. The number of anilines is 1. The molecule has 0 aliphatic carbocycles. The van der Waals surface area contributed by atoms with Gasteiger partial charge in [0.25, 0.3) is 5.91 Å². The molecule has 2 unspecified atom stereocenters. The summed E-state index contributed by atoms with van der Waals surface area (Å²) in [5.74, 6) is 1.44. The maximum absolute atomic E-state index is 12.7. The smallest absolute Gasteiger partial charge is 0.251 e. The van der Waals surface area contributed by atoms with E-state index in [-0.39, 0.29) is 11.8 Å². The summed E-state index contributed by atoms with van der Waals surface area (Å²) in [5.41, 5.74) is 2.05. The average Bonchev–Trinajstić information content (AvgIpc) is 2.90. The van der Waals surface area contributed by atoms with Gasteiger partial charge in [0.05, 0.1) is 14.2 Å². The van der Waals surface area contributed by atoms with Gasteiger partial charge in [-0.25, -0.2) is 0 Å². The molecule has 0 saturated carbocycles. The Labute approximate surface area is 207 Å². The van der Waals surface area contributed by atoms with Crippen molar-refractivity contribution >= 4 is 23.6 Å². The van der Waals surface area contributed by atoms with Crippen LogP contribution in [0.15, 0.2) is 48.5 Å². The lowest BCUT2D eigenvalue weighted by atomic mass is 9.83. The van der Waals surface area contributed by atoms with Crippen LogP contribution in [0, 0.1) is 5.92 Å². The lowest BCUT2D eigenvalue weighted by Crippen LogP contribution is -2.51. The number of hydrogen-bond acceptors (Lipinski definition) is 5. The topological polar surface area (TPSA) is 79.9 Å². The highest BCUT2D eigenvalue weighted by Gasteiger charge is 2.32. The number of methoxy groups -OCH3 is 2. The molecule has 2 aromatic rings. The second-order valence-electron chi connectivity index (χ2n) is 9.23. The van der Waals surface area contributed by atoms with E-state index in [2.05, 4.69) is 15.5 Å². The Hall–Kier alpha value is -3.32. The zero-order chi connectivity index (χ0) is 24.6. The van der Waals surface area contributed by atoms with Crippen molar-refractivity contribution in [3.05, 3.63) is 59.7 Å². The Balaban J connectivity index is 1.27. The van der Waals surface area contributed by atoms with Gasteiger partial charge >= 0.3 is 0 Å². The molecule has 2 fully saturated rings. The summed E-state index contributed by atoms with van der Waals surface area (Å²) < 4.78 is 10.5. The van der Waals surface area contributed by atoms with E-state index in [1.165, 1.54) is 51.3 Å². The predicted molar refractivity (Wildman–Crippen MR) is 138 cm³/mol. The maximum Gasteiger partial charge on any atom is 0.251 e. The molecule has 2 N–H and O–H groups in total. The molecule has 2 atom stereocenters. The van der Waals surface area contributed by atoms with Gasteiger partial charge in [-0.05, 0) is 92.7 Å². The van der Waals surface area contributed by atoms with Crippen LogP contribution in [0.5, 0.6) is 11.5 Å². The van der Waals surface area contributed by atoms with Crippen LogP contribution >= 0.6 is 0 Å². The lowest BCUT2D eigenvalue weighted by molar-refractivity contribution is -0.111. The third-order valence-electron chi connectivity index (χ3n) is 7.00. The van der Waals surface area contributed by atoms with Crippen molar-refractivity contribution in [2.24, 2.45) is 5.92 Å². The van der Waals surface area contributed by atoms with Gasteiger partial charge in [-0.2, -0.15) is 0 Å². The SMILES string of the molecule is COc1ccc(C=CC(=O)Nc2ccc(C(=O)NCC3CCCN4CCCCC34)cc2)cc1OC. The second-order valence-corrected chi connectivity index (χ2v) is 9.23. The predicted octanol–water partition coefficient (Wildman–Crippen LogP) is 4.35. The molecule has 2 saturated heterocycles. The van der Waals surface area contributed by atoms with Crippen LogP contribution in [0.4, 0.5) is 5.69 Å². The molecule has 4 rings (SSSR count).